The van der Waals surface area contributed by atoms with Crippen molar-refractivity contribution in [3.8, 4) is 5.75 Å². The predicted molar refractivity (Wildman–Crippen MR) is 259 cm³/mol. The fourth-order valence-electron chi connectivity index (χ4n) is 7.53. The van der Waals surface area contributed by atoms with E-state index in [9.17, 15) is 62.6 Å². The molecular weight excluding hydrogens is 969 g/mol. The van der Waals surface area contributed by atoms with E-state index in [1.807, 2.05) is 0 Å². The number of nitrogens with two attached hydrogens (primary N) is 3. The van der Waals surface area contributed by atoms with E-state index in [2.05, 4.69) is 42.5 Å². The number of likely N-dealkylation sites (tertiary alicyclic amines) is 1. The highest BCUT2D eigenvalue weighted by molar-refractivity contribution is 8.76. The lowest BCUT2D eigenvalue weighted by Gasteiger charge is -2.31. The molecule has 1 aromatic carbocycles. The minimum atomic E-state index is -1.75. The van der Waals surface area contributed by atoms with Crippen LogP contribution in [0.1, 0.15) is 83.6 Å². The summed E-state index contributed by atoms with van der Waals surface area (Å²) >= 11 is 0. The minimum absolute atomic E-state index is 0.0331. The maximum atomic E-state index is 14.5. The summed E-state index contributed by atoms with van der Waals surface area (Å²) in [7, 11) is 2.20. The number of rotatable bonds is 21. The number of hydrogen-bond acceptors (Lipinski definition) is 15. The zero-order valence-corrected chi connectivity index (χ0v) is 41.3. The fourth-order valence-corrected chi connectivity index (χ4v) is 9.67. The molecule has 27 heteroatoms. The van der Waals surface area contributed by atoms with Gasteiger partial charge < -0.3 is 69.7 Å². The Morgan fingerprint density at radius 1 is 0.845 bits per heavy atom. The largest absolute Gasteiger partial charge is 0.508 e. The number of aromatic hydroxyl groups is 1. The summed E-state index contributed by atoms with van der Waals surface area (Å²) < 4.78 is 0. The van der Waals surface area contributed by atoms with Crippen molar-refractivity contribution in [2.75, 3.05) is 31.1 Å². The lowest BCUT2D eigenvalue weighted by molar-refractivity contribution is -0.142. The number of carbonyl (C=O) groups is 12. The number of phenols is 1. The van der Waals surface area contributed by atoms with Crippen LogP contribution in [-0.4, -0.2) is 155 Å². The van der Waals surface area contributed by atoms with Crippen molar-refractivity contribution in [3.05, 3.63) is 29.8 Å². The summed E-state index contributed by atoms with van der Waals surface area (Å²) in [6.07, 6.45) is 0.441. The smallest absolute Gasteiger partial charge is 0.246 e. The van der Waals surface area contributed by atoms with Crippen LogP contribution in [0.5, 0.6) is 5.75 Å². The van der Waals surface area contributed by atoms with Crippen LogP contribution in [0.2, 0.25) is 0 Å². The molecule has 15 N–H and O–H groups in total. The molecule has 2 aliphatic rings. The van der Waals surface area contributed by atoms with Gasteiger partial charge >= 0.3 is 0 Å². The number of amides is 12. The van der Waals surface area contributed by atoms with Crippen LogP contribution in [0, 0.1) is 5.92 Å². The highest BCUT2D eigenvalue weighted by Gasteiger charge is 2.40. The number of nitrogens with one attached hydrogen (secondary N) is 8. The van der Waals surface area contributed by atoms with Gasteiger partial charge in [-0.2, -0.15) is 0 Å². The van der Waals surface area contributed by atoms with Crippen LogP contribution in [0.15, 0.2) is 24.3 Å². The minimum Gasteiger partial charge on any atom is -0.508 e. The zero-order chi connectivity index (χ0) is 52.6. The highest BCUT2D eigenvalue weighted by Crippen LogP contribution is 2.26. The van der Waals surface area contributed by atoms with E-state index in [4.69, 9.17) is 17.2 Å². The standard InChI is InChI=1S/C44H66N12O13S2/c1-3-24(2)37-43(68)52-28(13-14-33(45)59)39(64)53-30(20-34(46)60)40(65)54-31(22-71-70-18-15-36(62)50-29(41(66)55-37)19-25-9-11-26(58)12-10-25)44(69)56-17-6-8-32(56)42(67)51-27(7-4-5-16-48-23-57)38(63)49-21-35(47)61/h9-12,23-24,27-32,37,58H,3-8,13-22H2,1-2H3,(H2,45,59)(H2,46,60)(H2,47,61)(H,48,57)(H,49,63)(H,50,62)(H,51,67)(H,52,68)(H,53,64)(H,54,65)(H,55,66)/t24-,27+,28-,29-,30+,31+,32-,37+/m1/s1. The van der Waals surface area contributed by atoms with Crippen LogP contribution in [0.25, 0.3) is 0 Å². The lowest BCUT2D eigenvalue weighted by atomic mass is 9.96. The molecule has 8 atom stereocenters. The molecule has 71 heavy (non-hydrogen) atoms. The molecule has 0 aromatic heterocycles. The molecule has 25 nitrogen and oxygen atoms in total. The summed E-state index contributed by atoms with van der Waals surface area (Å²) in [6, 6.07) is -3.70. The fraction of sp³-hybridized carbons (Fsp3) is 0.591. The molecule has 3 rings (SSSR count). The number of primary amides is 3. The first kappa shape index (κ1) is 58.7. The monoisotopic (exact) mass is 1030 g/mol. The Morgan fingerprint density at radius 3 is 2.17 bits per heavy atom. The van der Waals surface area contributed by atoms with Crippen LogP contribution in [-0.2, 0) is 64.0 Å². The Morgan fingerprint density at radius 2 is 1.52 bits per heavy atom. The van der Waals surface area contributed by atoms with Gasteiger partial charge in [-0.05, 0) is 62.1 Å². The van der Waals surface area contributed by atoms with Crippen LogP contribution < -0.4 is 59.7 Å². The summed E-state index contributed by atoms with van der Waals surface area (Å²) in [6.45, 7) is 3.24. The van der Waals surface area contributed by atoms with Gasteiger partial charge in [0.05, 0.1) is 13.0 Å². The Hall–Kier alpha value is -6.64. The molecule has 0 aliphatic carbocycles. The first-order valence-electron chi connectivity index (χ1n) is 23.2. The SMILES string of the molecule is CC[C@@H](C)[C@@H]1NC(=O)[C@@H](Cc2ccc(O)cc2)NC(=O)CCSSC[C@@H](C(=O)N2CCC[C@@H]2C(=O)N[C@@H](CCCCNC=O)C(=O)NCC(N)=O)NC(=O)[C@H](CC(N)=O)NC(=O)[C@@H](CCC(N)=O)NC1=O. The van der Waals surface area contributed by atoms with Crippen molar-refractivity contribution in [1.29, 1.82) is 0 Å². The molecule has 2 saturated heterocycles. The second-order valence-electron chi connectivity index (χ2n) is 17.1. The maximum Gasteiger partial charge on any atom is 0.246 e. The number of carbonyl (C=O) groups excluding carboxylic acids is 12. The van der Waals surface area contributed by atoms with E-state index in [-0.39, 0.29) is 49.5 Å². The molecule has 0 saturated carbocycles. The molecule has 2 fully saturated rings. The number of hydrogen-bond donors (Lipinski definition) is 12. The zero-order valence-electron chi connectivity index (χ0n) is 39.7. The molecular formula is C44H66N12O13S2. The van der Waals surface area contributed by atoms with Gasteiger partial charge in [0.25, 0.3) is 0 Å². The Kier molecular flexibility index (Phi) is 24.9. The molecule has 0 radical (unpaired) electrons. The first-order chi connectivity index (χ1) is 33.7. The summed E-state index contributed by atoms with van der Waals surface area (Å²) in [4.78, 5) is 159. The second-order valence-corrected chi connectivity index (χ2v) is 19.7. The normalized spacial score (nSPS) is 22.7. The third-order valence-corrected chi connectivity index (χ3v) is 14.0. The van der Waals surface area contributed by atoms with Crippen molar-refractivity contribution in [2.45, 2.75) is 127 Å². The average Bonchev–Trinajstić information content (AvgIpc) is 3.82. The topological polar surface area (TPSA) is 403 Å². The Balaban J connectivity index is 2.00. The van der Waals surface area contributed by atoms with Crippen molar-refractivity contribution in [1.82, 2.24) is 47.4 Å². The molecule has 12 amide bonds. The van der Waals surface area contributed by atoms with Crippen molar-refractivity contribution in [3.63, 3.8) is 0 Å². The molecule has 2 heterocycles. The number of nitrogens with zero attached hydrogens (tertiary/aromatic N) is 1. The van der Waals surface area contributed by atoms with Crippen molar-refractivity contribution >= 4 is 93.0 Å². The summed E-state index contributed by atoms with van der Waals surface area (Å²) in [5.41, 5.74) is 16.7. The van der Waals surface area contributed by atoms with Gasteiger partial charge in [0.15, 0.2) is 0 Å². The third-order valence-electron chi connectivity index (χ3n) is 11.6. The molecule has 392 valence electrons. The van der Waals surface area contributed by atoms with E-state index in [1.165, 1.54) is 17.0 Å². The number of unbranched alkanes of at least 4 members (excludes halogenated alkanes) is 1. The molecule has 0 unspecified atom stereocenters. The summed E-state index contributed by atoms with van der Waals surface area (Å²) in [5, 5.41) is 30.3. The van der Waals surface area contributed by atoms with Crippen LogP contribution in [0.3, 0.4) is 0 Å². The van der Waals surface area contributed by atoms with Gasteiger partial charge in [-0.25, -0.2) is 0 Å². The van der Waals surface area contributed by atoms with Gasteiger partial charge in [-0.15, -0.1) is 0 Å². The van der Waals surface area contributed by atoms with Crippen molar-refractivity contribution in [2.24, 2.45) is 23.1 Å². The Labute approximate surface area is 418 Å². The van der Waals surface area contributed by atoms with E-state index >= 15 is 0 Å². The van der Waals surface area contributed by atoms with Crippen LogP contribution in [0.4, 0.5) is 0 Å². The van der Waals surface area contributed by atoms with Gasteiger partial charge in [0.2, 0.25) is 71.4 Å². The lowest BCUT2D eigenvalue weighted by Crippen LogP contribution is -2.61. The molecule has 2 aliphatic heterocycles. The van der Waals surface area contributed by atoms with E-state index in [1.54, 1.807) is 26.0 Å². The average molecular weight is 1040 g/mol. The Bertz CT molecular complexity index is 2080. The van der Waals surface area contributed by atoms with E-state index in [0.29, 0.717) is 44.2 Å². The second kappa shape index (κ2) is 30.2. The third kappa shape index (κ3) is 20.3. The molecule has 1 aromatic rings. The summed E-state index contributed by atoms with van der Waals surface area (Å²) in [5.74, 6) is -9.86. The highest BCUT2D eigenvalue weighted by atomic mass is 33.1. The number of benzene rings is 1. The quantitative estimate of drug-likeness (QED) is 0.0321. The molecule has 0 bridgehead atoms. The van der Waals surface area contributed by atoms with Crippen LogP contribution >= 0.6 is 21.6 Å². The van der Waals surface area contributed by atoms with Gasteiger partial charge in [0, 0.05) is 43.9 Å². The van der Waals surface area contributed by atoms with Gasteiger partial charge in [-0.3, -0.25) is 57.5 Å². The van der Waals surface area contributed by atoms with Gasteiger partial charge in [-0.1, -0.05) is 54.0 Å². The number of phenolic OH excluding ortho intramolecular Hbond substituents is 1. The maximum absolute atomic E-state index is 14.5. The van der Waals surface area contributed by atoms with Gasteiger partial charge in [0.1, 0.15) is 48.0 Å². The van der Waals surface area contributed by atoms with E-state index in [0.717, 1.165) is 21.6 Å². The van der Waals surface area contributed by atoms with E-state index < -0.39 is 139 Å². The predicted octanol–water partition coefficient (Wildman–Crippen LogP) is -3.68. The van der Waals surface area contributed by atoms with Crippen molar-refractivity contribution < 1.29 is 62.6 Å². The molecule has 0 spiro atoms. The first-order valence-corrected chi connectivity index (χ1v) is 25.7.